The maximum Gasteiger partial charge on any atom is 0.246 e. The summed E-state index contributed by atoms with van der Waals surface area (Å²) < 4.78 is 23.5. The number of aromatic nitrogens is 4. The first-order valence-electron chi connectivity index (χ1n) is 7.85. The molecule has 1 unspecified atom stereocenters. The van der Waals surface area contributed by atoms with Crippen LogP contribution < -0.4 is 0 Å². The zero-order chi connectivity index (χ0) is 16.7. The number of sulfone groups is 1. The Balaban J connectivity index is 1.48. The minimum atomic E-state index is -3.02. The third kappa shape index (κ3) is 3.20. The Labute approximate surface area is 143 Å². The molecular weight excluding hydrogens is 350 g/mol. The number of nitrogens with zero attached hydrogens (tertiary/aromatic N) is 5. The fraction of sp³-hybridized carbons (Fsp3) is 0.571. The van der Waals surface area contributed by atoms with Gasteiger partial charge in [-0.15, -0.1) is 21.5 Å². The van der Waals surface area contributed by atoms with Crippen LogP contribution in [0.25, 0.3) is 10.7 Å². The van der Waals surface area contributed by atoms with Gasteiger partial charge >= 0.3 is 0 Å². The van der Waals surface area contributed by atoms with Crippen molar-refractivity contribution in [3.63, 3.8) is 0 Å². The molecule has 1 amide bonds. The Kier molecular flexibility index (Phi) is 3.87. The number of amides is 1. The molecule has 2 aromatic rings. The van der Waals surface area contributed by atoms with Crippen molar-refractivity contribution in [2.24, 2.45) is 0 Å². The fourth-order valence-corrected chi connectivity index (χ4v) is 5.43. The summed E-state index contributed by atoms with van der Waals surface area (Å²) in [6, 6.07) is 3.75. The molecule has 1 aliphatic carbocycles. The zero-order valence-electron chi connectivity index (χ0n) is 12.9. The van der Waals surface area contributed by atoms with Gasteiger partial charge in [-0.05, 0) is 35.9 Å². The van der Waals surface area contributed by atoms with Crippen LogP contribution >= 0.6 is 11.3 Å². The van der Waals surface area contributed by atoms with E-state index in [1.807, 2.05) is 17.5 Å². The summed E-state index contributed by atoms with van der Waals surface area (Å²) in [5.74, 6) is 0.604. The molecule has 24 heavy (non-hydrogen) atoms. The van der Waals surface area contributed by atoms with Gasteiger partial charge in [0.15, 0.2) is 9.84 Å². The van der Waals surface area contributed by atoms with Gasteiger partial charge in [-0.1, -0.05) is 6.07 Å². The summed E-state index contributed by atoms with van der Waals surface area (Å²) in [6.45, 7) is -0.00851. The van der Waals surface area contributed by atoms with Crippen LogP contribution in [-0.2, 0) is 21.2 Å². The maximum absolute atomic E-state index is 12.7. The molecule has 1 saturated heterocycles. The SMILES string of the molecule is O=C(Cn1nnc(-c2cccs2)n1)N(C1CC1)C1CCS(=O)(=O)C1. The van der Waals surface area contributed by atoms with Gasteiger partial charge in [0.1, 0.15) is 6.54 Å². The van der Waals surface area contributed by atoms with E-state index in [2.05, 4.69) is 15.4 Å². The molecule has 0 radical (unpaired) electrons. The van der Waals surface area contributed by atoms with Gasteiger partial charge in [-0.3, -0.25) is 4.79 Å². The molecule has 2 fully saturated rings. The molecule has 1 saturated carbocycles. The van der Waals surface area contributed by atoms with Crippen LogP contribution in [0.3, 0.4) is 0 Å². The standard InChI is InChI=1S/C14H17N5O3S2/c20-13(8-18-16-14(15-17-18)12-2-1-6-23-12)19(10-3-4-10)11-5-7-24(21,22)9-11/h1-2,6,10-11H,3-5,7-9H2. The molecule has 0 N–H and O–H groups in total. The van der Waals surface area contributed by atoms with Crippen LogP contribution in [0, 0.1) is 0 Å². The lowest BCUT2D eigenvalue weighted by Crippen LogP contribution is -2.44. The van der Waals surface area contributed by atoms with Gasteiger partial charge in [0.05, 0.1) is 16.4 Å². The number of thiophene rings is 1. The summed E-state index contributed by atoms with van der Waals surface area (Å²) in [6.07, 6.45) is 2.40. The molecule has 4 rings (SSSR count). The van der Waals surface area contributed by atoms with E-state index in [0.29, 0.717) is 12.2 Å². The van der Waals surface area contributed by atoms with Gasteiger partial charge in [-0.2, -0.15) is 4.80 Å². The van der Waals surface area contributed by atoms with Crippen LogP contribution in [0.2, 0.25) is 0 Å². The lowest BCUT2D eigenvalue weighted by Gasteiger charge is -2.28. The first kappa shape index (κ1) is 15.7. The average molecular weight is 367 g/mol. The maximum atomic E-state index is 12.7. The third-order valence-electron chi connectivity index (χ3n) is 4.30. The van der Waals surface area contributed by atoms with Crippen molar-refractivity contribution in [1.29, 1.82) is 0 Å². The minimum Gasteiger partial charge on any atom is -0.334 e. The Morgan fingerprint density at radius 3 is 2.79 bits per heavy atom. The summed E-state index contributed by atoms with van der Waals surface area (Å²) >= 11 is 1.51. The van der Waals surface area contributed by atoms with Gasteiger partial charge < -0.3 is 4.90 Å². The number of tetrazole rings is 1. The van der Waals surface area contributed by atoms with E-state index in [1.54, 1.807) is 4.90 Å². The average Bonchev–Trinajstić information content (AvgIpc) is 2.92. The Hall–Kier alpha value is -1.81. The van der Waals surface area contributed by atoms with E-state index in [9.17, 15) is 13.2 Å². The van der Waals surface area contributed by atoms with E-state index in [4.69, 9.17) is 0 Å². The molecule has 0 aromatic carbocycles. The molecule has 1 aliphatic heterocycles. The summed E-state index contributed by atoms with van der Waals surface area (Å²) in [7, 11) is -3.02. The Bertz CT molecular complexity index is 842. The molecular formula is C14H17N5O3S2. The number of carbonyl (C=O) groups excluding carboxylic acids is 1. The highest BCUT2D eigenvalue weighted by molar-refractivity contribution is 7.91. The first-order valence-corrected chi connectivity index (χ1v) is 10.6. The van der Waals surface area contributed by atoms with Crippen molar-refractivity contribution < 1.29 is 13.2 Å². The van der Waals surface area contributed by atoms with Crippen LogP contribution in [0.15, 0.2) is 17.5 Å². The largest absolute Gasteiger partial charge is 0.334 e. The van der Waals surface area contributed by atoms with Crippen LogP contribution in [0.5, 0.6) is 0 Å². The quantitative estimate of drug-likeness (QED) is 0.767. The minimum absolute atomic E-state index is 0.00851. The zero-order valence-corrected chi connectivity index (χ0v) is 14.5. The van der Waals surface area contributed by atoms with Crippen molar-refractivity contribution in [2.75, 3.05) is 11.5 Å². The highest BCUT2D eigenvalue weighted by Gasteiger charge is 2.42. The normalized spacial score (nSPS) is 22.6. The van der Waals surface area contributed by atoms with Crippen molar-refractivity contribution in [2.45, 2.75) is 37.9 Å². The molecule has 2 aliphatic rings. The van der Waals surface area contributed by atoms with E-state index >= 15 is 0 Å². The van der Waals surface area contributed by atoms with E-state index in [1.165, 1.54) is 16.1 Å². The summed E-state index contributed by atoms with van der Waals surface area (Å²) in [5, 5.41) is 14.1. The molecule has 128 valence electrons. The van der Waals surface area contributed by atoms with Crippen molar-refractivity contribution in [3.05, 3.63) is 17.5 Å². The third-order valence-corrected chi connectivity index (χ3v) is 6.92. The predicted octanol–water partition coefficient (Wildman–Crippen LogP) is 0.580. The van der Waals surface area contributed by atoms with E-state index in [0.717, 1.165) is 17.7 Å². The Morgan fingerprint density at radius 2 is 2.17 bits per heavy atom. The highest BCUT2D eigenvalue weighted by atomic mass is 32.2. The lowest BCUT2D eigenvalue weighted by molar-refractivity contribution is -0.134. The molecule has 1 atom stereocenters. The second-order valence-corrected chi connectivity index (χ2v) is 9.39. The van der Waals surface area contributed by atoms with Crippen LogP contribution in [0.1, 0.15) is 19.3 Å². The van der Waals surface area contributed by atoms with E-state index < -0.39 is 9.84 Å². The number of hydrogen-bond acceptors (Lipinski definition) is 7. The molecule has 0 spiro atoms. The fourth-order valence-electron chi connectivity index (χ4n) is 3.07. The van der Waals surface area contributed by atoms with Crippen molar-refractivity contribution in [3.8, 4) is 10.7 Å². The molecule has 10 heteroatoms. The first-order chi connectivity index (χ1) is 11.5. The Morgan fingerprint density at radius 1 is 1.33 bits per heavy atom. The van der Waals surface area contributed by atoms with Crippen molar-refractivity contribution >= 4 is 27.1 Å². The van der Waals surface area contributed by atoms with Crippen LogP contribution in [0.4, 0.5) is 0 Å². The van der Waals surface area contributed by atoms with E-state index in [-0.39, 0.29) is 36.0 Å². The summed E-state index contributed by atoms with van der Waals surface area (Å²) in [5.41, 5.74) is 0. The molecule has 3 heterocycles. The number of rotatable bonds is 5. The topological polar surface area (TPSA) is 98.1 Å². The second kappa shape index (κ2) is 5.92. The number of carbonyl (C=O) groups is 1. The van der Waals surface area contributed by atoms with Gasteiger partial charge in [0.25, 0.3) is 0 Å². The molecule has 2 aromatic heterocycles. The van der Waals surface area contributed by atoms with Gasteiger partial charge in [0.2, 0.25) is 11.7 Å². The van der Waals surface area contributed by atoms with Gasteiger partial charge in [-0.25, -0.2) is 8.42 Å². The van der Waals surface area contributed by atoms with Gasteiger partial charge in [0, 0.05) is 12.1 Å². The molecule has 8 nitrogen and oxygen atoms in total. The smallest absolute Gasteiger partial charge is 0.246 e. The predicted molar refractivity (Wildman–Crippen MR) is 88.1 cm³/mol. The highest BCUT2D eigenvalue weighted by Crippen LogP contribution is 2.32. The second-order valence-electron chi connectivity index (χ2n) is 6.21. The number of hydrogen-bond donors (Lipinski definition) is 0. The molecule has 0 bridgehead atoms. The van der Waals surface area contributed by atoms with Crippen molar-refractivity contribution in [1.82, 2.24) is 25.1 Å². The summed E-state index contributed by atoms with van der Waals surface area (Å²) in [4.78, 5) is 16.6. The van der Waals surface area contributed by atoms with Crippen LogP contribution in [-0.4, -0.2) is 63.0 Å². The monoisotopic (exact) mass is 367 g/mol. The lowest BCUT2D eigenvalue weighted by atomic mass is 10.2.